The largest absolute Gasteiger partial charge is 0.371 e. The van der Waals surface area contributed by atoms with Crippen LogP contribution in [-0.2, 0) is 11.3 Å². The van der Waals surface area contributed by atoms with E-state index in [-0.39, 0.29) is 11.8 Å². The molecule has 0 radical (unpaired) electrons. The number of aromatic nitrogens is 2. The fourth-order valence-electron chi connectivity index (χ4n) is 3.80. The van der Waals surface area contributed by atoms with Gasteiger partial charge in [-0.3, -0.25) is 4.79 Å². The third-order valence-corrected chi connectivity index (χ3v) is 5.74. The maximum Gasteiger partial charge on any atom is 0.246 e. The number of halogens is 1. The number of amides is 1. The lowest BCUT2D eigenvalue weighted by atomic mass is 9.96. The summed E-state index contributed by atoms with van der Waals surface area (Å²) in [5.41, 5.74) is 3.23. The average Bonchev–Trinajstić information content (AvgIpc) is 3.22. The predicted octanol–water partition coefficient (Wildman–Crippen LogP) is 4.57. The zero-order valence-corrected chi connectivity index (χ0v) is 18.0. The lowest BCUT2D eigenvalue weighted by molar-refractivity contribution is -0.135. The molecule has 2 aromatic carbocycles. The van der Waals surface area contributed by atoms with E-state index in [1.807, 2.05) is 12.1 Å². The lowest BCUT2D eigenvalue weighted by Gasteiger charge is -2.35. The van der Waals surface area contributed by atoms with Crippen LogP contribution in [0.5, 0.6) is 0 Å². The van der Waals surface area contributed by atoms with Gasteiger partial charge in [0.15, 0.2) is 0 Å². The minimum atomic E-state index is -0.0382. The summed E-state index contributed by atoms with van der Waals surface area (Å²) in [5.74, 6) is 0.981. The summed E-state index contributed by atoms with van der Waals surface area (Å²) in [6.07, 6.45) is 1.89. The van der Waals surface area contributed by atoms with E-state index < -0.39 is 0 Å². The van der Waals surface area contributed by atoms with Crippen molar-refractivity contribution in [3.63, 3.8) is 0 Å². The van der Waals surface area contributed by atoms with Crippen LogP contribution in [0.4, 0.5) is 5.69 Å². The summed E-state index contributed by atoms with van der Waals surface area (Å²) in [5, 5.41) is 4.68. The first-order valence-corrected chi connectivity index (χ1v) is 10.5. The molecule has 3 aromatic rings. The molecular formula is C23H25ClN4O2. The molecule has 1 saturated heterocycles. The number of carbonyl (C=O) groups is 1. The van der Waals surface area contributed by atoms with Crippen LogP contribution < -0.4 is 4.90 Å². The molecule has 0 bridgehead atoms. The van der Waals surface area contributed by atoms with Gasteiger partial charge in [0.2, 0.25) is 17.6 Å². The molecule has 2 heterocycles. The summed E-state index contributed by atoms with van der Waals surface area (Å²) >= 11 is 5.93. The molecule has 1 amide bonds. The highest BCUT2D eigenvalue weighted by Crippen LogP contribution is 2.25. The summed E-state index contributed by atoms with van der Waals surface area (Å²) in [4.78, 5) is 21.4. The number of rotatable bonds is 5. The van der Waals surface area contributed by atoms with Crippen LogP contribution in [0.15, 0.2) is 53.1 Å². The van der Waals surface area contributed by atoms with Gasteiger partial charge in [-0.25, -0.2) is 0 Å². The molecule has 156 valence electrons. The Morgan fingerprint density at radius 2 is 1.93 bits per heavy atom. The molecule has 1 fully saturated rings. The lowest BCUT2D eigenvalue weighted by Crippen LogP contribution is -2.43. The van der Waals surface area contributed by atoms with E-state index in [0.717, 1.165) is 31.5 Å². The Morgan fingerprint density at radius 1 is 1.20 bits per heavy atom. The van der Waals surface area contributed by atoms with Gasteiger partial charge >= 0.3 is 0 Å². The molecule has 7 heteroatoms. The minimum absolute atomic E-state index is 0.0382. The van der Waals surface area contributed by atoms with E-state index in [0.29, 0.717) is 23.3 Å². The number of benzene rings is 2. The third kappa shape index (κ3) is 4.65. The molecule has 1 aromatic heterocycles. The predicted molar refractivity (Wildman–Crippen MR) is 117 cm³/mol. The van der Waals surface area contributed by atoms with Crippen molar-refractivity contribution in [3.05, 3.63) is 65.0 Å². The molecule has 0 saturated carbocycles. The molecule has 4 rings (SSSR count). The van der Waals surface area contributed by atoms with Crippen molar-refractivity contribution in [2.45, 2.75) is 26.3 Å². The Balaban J connectivity index is 1.38. The van der Waals surface area contributed by atoms with Crippen LogP contribution >= 0.6 is 11.6 Å². The Labute approximate surface area is 181 Å². The second kappa shape index (κ2) is 8.88. The van der Waals surface area contributed by atoms with Crippen molar-refractivity contribution in [1.82, 2.24) is 15.0 Å². The van der Waals surface area contributed by atoms with Crippen LogP contribution in [0, 0.1) is 12.8 Å². The van der Waals surface area contributed by atoms with Crippen LogP contribution in [0.1, 0.15) is 24.3 Å². The summed E-state index contributed by atoms with van der Waals surface area (Å²) in [7, 11) is 1.79. The number of nitrogens with zero attached hydrogens (tertiary/aromatic N) is 4. The van der Waals surface area contributed by atoms with Crippen molar-refractivity contribution in [3.8, 4) is 11.4 Å². The Kier molecular flexibility index (Phi) is 6.04. The second-order valence-corrected chi connectivity index (χ2v) is 8.27. The standard InChI is InChI=1S/C23H25ClN4O2/c1-16-5-11-20(12-6-16)28-13-3-4-18(14-28)23(29)27(2)15-21-25-22(26-30-21)17-7-9-19(24)10-8-17/h5-12,18H,3-4,13-15H2,1-2H3. The minimum Gasteiger partial charge on any atom is -0.371 e. The fourth-order valence-corrected chi connectivity index (χ4v) is 3.92. The summed E-state index contributed by atoms with van der Waals surface area (Å²) in [6.45, 7) is 4.08. The number of anilines is 1. The van der Waals surface area contributed by atoms with E-state index in [1.54, 1.807) is 24.1 Å². The first-order valence-electron chi connectivity index (χ1n) is 10.1. The normalized spacial score (nSPS) is 16.5. The van der Waals surface area contributed by atoms with Gasteiger partial charge in [0.25, 0.3) is 0 Å². The highest BCUT2D eigenvalue weighted by molar-refractivity contribution is 6.30. The van der Waals surface area contributed by atoms with E-state index in [9.17, 15) is 4.79 Å². The molecule has 1 unspecified atom stereocenters. The van der Waals surface area contributed by atoms with Gasteiger partial charge in [-0.1, -0.05) is 34.5 Å². The number of carbonyl (C=O) groups excluding carboxylic acids is 1. The smallest absolute Gasteiger partial charge is 0.246 e. The Morgan fingerprint density at radius 3 is 2.67 bits per heavy atom. The highest BCUT2D eigenvalue weighted by Gasteiger charge is 2.29. The zero-order valence-electron chi connectivity index (χ0n) is 17.2. The maximum atomic E-state index is 13.0. The van der Waals surface area contributed by atoms with Gasteiger partial charge in [-0.15, -0.1) is 0 Å². The topological polar surface area (TPSA) is 62.5 Å². The third-order valence-electron chi connectivity index (χ3n) is 5.49. The van der Waals surface area contributed by atoms with Crippen molar-refractivity contribution in [2.24, 2.45) is 5.92 Å². The first-order chi connectivity index (χ1) is 14.5. The van der Waals surface area contributed by atoms with Gasteiger partial charge in [0.05, 0.1) is 12.5 Å². The molecule has 0 spiro atoms. The fraction of sp³-hybridized carbons (Fsp3) is 0.348. The first kappa shape index (κ1) is 20.4. The zero-order chi connectivity index (χ0) is 21.1. The molecular weight excluding hydrogens is 400 g/mol. The van der Waals surface area contributed by atoms with Crippen molar-refractivity contribution >= 4 is 23.2 Å². The molecule has 1 atom stereocenters. The second-order valence-electron chi connectivity index (χ2n) is 7.83. The number of hydrogen-bond acceptors (Lipinski definition) is 5. The molecule has 1 aliphatic heterocycles. The summed E-state index contributed by atoms with van der Waals surface area (Å²) < 4.78 is 5.36. The van der Waals surface area contributed by atoms with Gasteiger partial charge in [-0.05, 0) is 56.2 Å². The molecule has 1 aliphatic rings. The van der Waals surface area contributed by atoms with E-state index in [1.165, 1.54) is 11.3 Å². The molecule has 0 N–H and O–H groups in total. The number of piperidine rings is 1. The van der Waals surface area contributed by atoms with Crippen molar-refractivity contribution in [1.29, 1.82) is 0 Å². The van der Waals surface area contributed by atoms with Crippen LogP contribution in [-0.4, -0.2) is 41.1 Å². The Hall–Kier alpha value is -2.86. The average molecular weight is 425 g/mol. The maximum absolute atomic E-state index is 13.0. The van der Waals surface area contributed by atoms with Crippen LogP contribution in [0.2, 0.25) is 5.02 Å². The molecule has 30 heavy (non-hydrogen) atoms. The Bertz CT molecular complexity index is 1000. The van der Waals surface area contributed by atoms with Gasteiger partial charge in [0, 0.05) is 36.4 Å². The quantitative estimate of drug-likeness (QED) is 0.600. The van der Waals surface area contributed by atoms with Crippen molar-refractivity contribution in [2.75, 3.05) is 25.0 Å². The van der Waals surface area contributed by atoms with E-state index >= 15 is 0 Å². The highest BCUT2D eigenvalue weighted by atomic mass is 35.5. The summed E-state index contributed by atoms with van der Waals surface area (Å²) in [6, 6.07) is 15.7. The van der Waals surface area contributed by atoms with Crippen LogP contribution in [0.3, 0.4) is 0 Å². The SMILES string of the molecule is Cc1ccc(N2CCCC(C(=O)N(C)Cc3nc(-c4ccc(Cl)cc4)no3)C2)cc1. The van der Waals surface area contributed by atoms with Gasteiger partial charge in [-0.2, -0.15) is 4.98 Å². The van der Waals surface area contributed by atoms with Crippen molar-refractivity contribution < 1.29 is 9.32 Å². The van der Waals surface area contributed by atoms with E-state index in [2.05, 4.69) is 46.2 Å². The number of hydrogen-bond donors (Lipinski definition) is 0. The monoisotopic (exact) mass is 424 g/mol. The molecule has 0 aliphatic carbocycles. The van der Waals surface area contributed by atoms with E-state index in [4.69, 9.17) is 16.1 Å². The van der Waals surface area contributed by atoms with Crippen LogP contribution in [0.25, 0.3) is 11.4 Å². The van der Waals surface area contributed by atoms with Gasteiger partial charge < -0.3 is 14.3 Å². The molecule has 6 nitrogen and oxygen atoms in total. The number of aryl methyl sites for hydroxylation is 1. The van der Waals surface area contributed by atoms with Gasteiger partial charge in [0.1, 0.15) is 0 Å².